The van der Waals surface area contributed by atoms with Crippen molar-refractivity contribution in [3.05, 3.63) is 12.7 Å². The number of aliphatic hydroxyl groups is 2. The fourth-order valence-corrected chi connectivity index (χ4v) is 3.36. The van der Waals surface area contributed by atoms with Crippen molar-refractivity contribution in [1.82, 2.24) is 19.5 Å². The topological polar surface area (TPSA) is 167 Å². The Labute approximate surface area is 159 Å². The molecule has 2 aromatic rings. The number of primary amides is 1. The van der Waals surface area contributed by atoms with Crippen molar-refractivity contribution < 1.29 is 29.2 Å². The van der Waals surface area contributed by atoms with E-state index in [4.69, 9.17) is 19.9 Å². The van der Waals surface area contributed by atoms with Gasteiger partial charge >= 0.3 is 0 Å². The van der Waals surface area contributed by atoms with Crippen LogP contribution < -0.4 is 11.1 Å². The van der Waals surface area contributed by atoms with Crippen molar-refractivity contribution in [1.29, 1.82) is 0 Å². The van der Waals surface area contributed by atoms with Crippen LogP contribution in [0.3, 0.4) is 0 Å². The van der Waals surface area contributed by atoms with Gasteiger partial charge in [0.05, 0.1) is 25.6 Å². The maximum atomic E-state index is 10.8. The van der Waals surface area contributed by atoms with E-state index in [1.165, 1.54) is 17.2 Å². The van der Waals surface area contributed by atoms with Crippen LogP contribution in [0.25, 0.3) is 11.2 Å². The number of rotatable bonds is 7. The fourth-order valence-electron chi connectivity index (χ4n) is 3.36. The third kappa shape index (κ3) is 3.64. The van der Waals surface area contributed by atoms with Crippen molar-refractivity contribution in [2.45, 2.75) is 37.0 Å². The number of hydrogen-bond donors (Lipinski definition) is 4. The van der Waals surface area contributed by atoms with Crippen molar-refractivity contribution >= 4 is 22.9 Å². The number of nitrogens with one attached hydrogen (secondary N) is 1. The van der Waals surface area contributed by atoms with Gasteiger partial charge in [-0.2, -0.15) is 0 Å². The summed E-state index contributed by atoms with van der Waals surface area (Å²) in [5, 5.41) is 24.0. The van der Waals surface area contributed by atoms with Gasteiger partial charge in [0.25, 0.3) is 0 Å². The molecule has 2 aromatic heterocycles. The molecule has 0 aromatic carbocycles. The highest BCUT2D eigenvalue weighted by molar-refractivity contribution is 5.82. The van der Waals surface area contributed by atoms with Crippen LogP contribution in [0, 0.1) is 0 Å². The summed E-state index contributed by atoms with van der Waals surface area (Å²) in [5.74, 6) is -0.0665. The maximum Gasteiger partial charge on any atom is 0.243 e. The Kier molecular flexibility index (Phi) is 5.37. The molecule has 0 bridgehead atoms. The lowest BCUT2D eigenvalue weighted by Crippen LogP contribution is -2.34. The molecule has 0 saturated carbocycles. The Hall–Kier alpha value is -2.38. The number of fused-ring (bicyclic) bond motifs is 1. The molecule has 5 N–H and O–H groups in total. The van der Waals surface area contributed by atoms with Gasteiger partial charge in [-0.15, -0.1) is 0 Å². The molecule has 28 heavy (non-hydrogen) atoms. The highest BCUT2D eigenvalue weighted by Crippen LogP contribution is 2.32. The number of ether oxygens (including phenoxy) is 3. The zero-order chi connectivity index (χ0) is 19.7. The number of imidazole rings is 1. The van der Waals surface area contributed by atoms with E-state index in [2.05, 4.69) is 20.3 Å². The highest BCUT2D eigenvalue weighted by Gasteiger charge is 2.44. The first-order valence-corrected chi connectivity index (χ1v) is 8.94. The smallest absolute Gasteiger partial charge is 0.243 e. The molecule has 0 radical (unpaired) electrons. The second kappa shape index (κ2) is 7.93. The van der Waals surface area contributed by atoms with E-state index in [1.54, 1.807) is 0 Å². The van der Waals surface area contributed by atoms with Crippen LogP contribution in [0.5, 0.6) is 0 Å². The van der Waals surface area contributed by atoms with E-state index in [0.717, 1.165) is 6.42 Å². The van der Waals surface area contributed by atoms with Crippen molar-refractivity contribution in [2.24, 2.45) is 5.73 Å². The molecule has 5 unspecified atom stereocenters. The SMILES string of the molecule is NC(=O)COCC1OC(n2cnc3c(NC4CCOC4)ncnc32)C(O)C1O. The molecular weight excluding hydrogens is 372 g/mol. The Balaban J connectivity index is 1.53. The van der Waals surface area contributed by atoms with Gasteiger partial charge in [-0.1, -0.05) is 0 Å². The predicted molar refractivity (Wildman–Crippen MR) is 94.1 cm³/mol. The minimum absolute atomic E-state index is 0.0895. The monoisotopic (exact) mass is 394 g/mol. The number of carbonyl (C=O) groups is 1. The molecule has 2 aliphatic heterocycles. The lowest BCUT2D eigenvalue weighted by atomic mass is 10.1. The zero-order valence-corrected chi connectivity index (χ0v) is 15.0. The van der Waals surface area contributed by atoms with Gasteiger partial charge in [0.2, 0.25) is 5.91 Å². The van der Waals surface area contributed by atoms with Crippen LogP contribution in [0.15, 0.2) is 12.7 Å². The Morgan fingerprint density at radius 2 is 2.21 bits per heavy atom. The van der Waals surface area contributed by atoms with Gasteiger partial charge < -0.3 is 35.5 Å². The maximum absolute atomic E-state index is 10.8. The van der Waals surface area contributed by atoms with Gasteiger partial charge in [0.15, 0.2) is 23.2 Å². The number of aromatic nitrogens is 4. The molecule has 2 aliphatic rings. The summed E-state index contributed by atoms with van der Waals surface area (Å²) in [6.45, 7) is 0.900. The van der Waals surface area contributed by atoms with Crippen molar-refractivity contribution in [3.63, 3.8) is 0 Å². The van der Waals surface area contributed by atoms with E-state index in [-0.39, 0.29) is 19.3 Å². The summed E-state index contributed by atoms with van der Waals surface area (Å²) in [7, 11) is 0. The van der Waals surface area contributed by atoms with Crippen LogP contribution in [-0.4, -0.2) is 86.4 Å². The Bertz CT molecular complexity index is 840. The second-order valence-electron chi connectivity index (χ2n) is 6.78. The molecule has 5 atom stereocenters. The van der Waals surface area contributed by atoms with Gasteiger partial charge in [0.1, 0.15) is 31.2 Å². The normalized spacial score (nSPS) is 30.1. The number of amides is 1. The summed E-state index contributed by atoms with van der Waals surface area (Å²) < 4.78 is 17.7. The largest absolute Gasteiger partial charge is 0.387 e. The average molecular weight is 394 g/mol. The van der Waals surface area contributed by atoms with E-state index in [9.17, 15) is 15.0 Å². The van der Waals surface area contributed by atoms with Gasteiger partial charge in [0, 0.05) is 6.61 Å². The lowest BCUT2D eigenvalue weighted by molar-refractivity contribution is -0.125. The van der Waals surface area contributed by atoms with Crippen LogP contribution in [0.4, 0.5) is 5.82 Å². The van der Waals surface area contributed by atoms with Crippen LogP contribution in [0.1, 0.15) is 12.6 Å². The molecule has 0 spiro atoms. The van der Waals surface area contributed by atoms with E-state index >= 15 is 0 Å². The third-order valence-corrected chi connectivity index (χ3v) is 4.77. The predicted octanol–water partition coefficient (Wildman–Crippen LogP) is -1.85. The Morgan fingerprint density at radius 1 is 1.36 bits per heavy atom. The van der Waals surface area contributed by atoms with Gasteiger partial charge in [-0.3, -0.25) is 9.36 Å². The number of aliphatic hydroxyl groups excluding tert-OH is 2. The highest BCUT2D eigenvalue weighted by atomic mass is 16.6. The van der Waals surface area contributed by atoms with Gasteiger partial charge in [-0.25, -0.2) is 15.0 Å². The summed E-state index contributed by atoms with van der Waals surface area (Å²) in [5.41, 5.74) is 5.99. The molecular formula is C16H22N6O6. The van der Waals surface area contributed by atoms with Crippen LogP contribution in [0.2, 0.25) is 0 Å². The number of hydrogen-bond acceptors (Lipinski definition) is 10. The fraction of sp³-hybridized carbons (Fsp3) is 0.625. The van der Waals surface area contributed by atoms with Gasteiger partial charge in [-0.05, 0) is 6.42 Å². The summed E-state index contributed by atoms with van der Waals surface area (Å²) in [4.78, 5) is 23.6. The molecule has 2 saturated heterocycles. The lowest BCUT2D eigenvalue weighted by Gasteiger charge is -2.17. The molecule has 4 heterocycles. The summed E-state index contributed by atoms with van der Waals surface area (Å²) in [6, 6.07) is 0.144. The minimum Gasteiger partial charge on any atom is -0.387 e. The number of nitrogens with zero attached hydrogens (tertiary/aromatic N) is 4. The summed E-state index contributed by atoms with van der Waals surface area (Å²) in [6.07, 6.45) is -0.436. The standard InChI is InChI=1S/C16H22N6O6/c17-10(23)5-27-4-9-12(24)13(25)16(28-9)22-7-20-11-14(18-6-19-15(11)22)21-8-1-2-26-3-8/h6-9,12-13,16,24-25H,1-5H2,(H2,17,23)(H,18,19,21). The van der Waals surface area contributed by atoms with Crippen molar-refractivity contribution in [2.75, 3.05) is 31.7 Å². The number of carbonyl (C=O) groups excluding carboxylic acids is 1. The first kappa shape index (κ1) is 19.0. The molecule has 12 nitrogen and oxygen atoms in total. The Morgan fingerprint density at radius 3 is 2.96 bits per heavy atom. The molecule has 12 heteroatoms. The van der Waals surface area contributed by atoms with E-state index < -0.39 is 30.4 Å². The molecule has 1 amide bonds. The molecule has 2 fully saturated rings. The number of anilines is 1. The van der Waals surface area contributed by atoms with Crippen LogP contribution >= 0.6 is 0 Å². The zero-order valence-electron chi connectivity index (χ0n) is 15.0. The first-order chi connectivity index (χ1) is 13.5. The summed E-state index contributed by atoms with van der Waals surface area (Å²) >= 11 is 0. The molecule has 4 rings (SSSR count). The third-order valence-electron chi connectivity index (χ3n) is 4.77. The quantitative estimate of drug-likeness (QED) is 0.418. The van der Waals surface area contributed by atoms with E-state index in [0.29, 0.717) is 30.2 Å². The average Bonchev–Trinajstić information content (AvgIpc) is 3.38. The number of nitrogens with two attached hydrogens (primary N) is 1. The van der Waals surface area contributed by atoms with Crippen LogP contribution in [-0.2, 0) is 19.0 Å². The minimum atomic E-state index is -1.23. The van der Waals surface area contributed by atoms with Crippen molar-refractivity contribution in [3.8, 4) is 0 Å². The first-order valence-electron chi connectivity index (χ1n) is 8.94. The molecule has 0 aliphatic carbocycles. The molecule has 152 valence electrons. The second-order valence-corrected chi connectivity index (χ2v) is 6.78. The van der Waals surface area contributed by atoms with E-state index in [1.807, 2.05) is 0 Å².